The van der Waals surface area contributed by atoms with E-state index in [1.807, 2.05) is 0 Å². The van der Waals surface area contributed by atoms with E-state index in [2.05, 4.69) is 5.10 Å². The number of hydrogen-bond acceptors (Lipinski definition) is 3. The summed E-state index contributed by atoms with van der Waals surface area (Å²) in [6, 6.07) is 3.15. The predicted molar refractivity (Wildman–Crippen MR) is 82.5 cm³/mol. The molecule has 0 aliphatic heterocycles. The second-order valence-electron chi connectivity index (χ2n) is 5.69. The number of halogens is 3. The molecular formula is C15H18F3N3O2S. The number of rotatable bonds is 5. The Morgan fingerprint density at radius 1 is 1.21 bits per heavy atom. The normalized spacial score (nSPS) is 13.0. The molecule has 1 aromatic carbocycles. The number of alkyl halides is 3. The number of nitrogens with zero attached hydrogens (tertiary/aromatic N) is 3. The monoisotopic (exact) mass is 361 g/mol. The summed E-state index contributed by atoms with van der Waals surface area (Å²) < 4.78 is 66.2. The Morgan fingerprint density at radius 3 is 2.21 bits per heavy atom. The number of benzene rings is 1. The van der Waals surface area contributed by atoms with Crippen molar-refractivity contribution in [3.05, 3.63) is 47.8 Å². The fraction of sp³-hybridized carbons (Fsp3) is 0.400. The highest BCUT2D eigenvalue weighted by atomic mass is 32.2. The van der Waals surface area contributed by atoms with E-state index in [-0.39, 0.29) is 17.5 Å². The van der Waals surface area contributed by atoms with Crippen LogP contribution < -0.4 is 0 Å². The molecule has 2 rings (SSSR count). The quantitative estimate of drug-likeness (QED) is 0.823. The summed E-state index contributed by atoms with van der Waals surface area (Å²) in [4.78, 5) is -0.173. The van der Waals surface area contributed by atoms with E-state index in [1.54, 1.807) is 38.0 Å². The molecule has 0 spiro atoms. The van der Waals surface area contributed by atoms with Gasteiger partial charge >= 0.3 is 6.18 Å². The van der Waals surface area contributed by atoms with Crippen molar-refractivity contribution in [3.8, 4) is 0 Å². The minimum absolute atomic E-state index is 0.0921. The maximum atomic E-state index is 12.8. The molecule has 0 atom stereocenters. The largest absolute Gasteiger partial charge is 0.416 e. The molecule has 0 unspecified atom stereocenters. The molecule has 0 aliphatic carbocycles. The van der Waals surface area contributed by atoms with Gasteiger partial charge in [0, 0.05) is 31.4 Å². The Kier molecular flexibility index (Phi) is 5.05. The van der Waals surface area contributed by atoms with Gasteiger partial charge in [0.25, 0.3) is 0 Å². The molecule has 132 valence electrons. The van der Waals surface area contributed by atoms with Gasteiger partial charge in [-0.2, -0.15) is 22.6 Å². The maximum absolute atomic E-state index is 12.8. The third-order valence-corrected chi connectivity index (χ3v) is 5.50. The van der Waals surface area contributed by atoms with E-state index in [9.17, 15) is 21.6 Å². The lowest BCUT2D eigenvalue weighted by molar-refractivity contribution is -0.137. The van der Waals surface area contributed by atoms with Crippen molar-refractivity contribution in [2.45, 2.75) is 37.5 Å². The van der Waals surface area contributed by atoms with Crippen molar-refractivity contribution in [2.24, 2.45) is 7.05 Å². The van der Waals surface area contributed by atoms with Crippen LogP contribution in [0.5, 0.6) is 0 Å². The molecule has 1 heterocycles. The first-order valence-corrected chi connectivity index (χ1v) is 8.62. The average molecular weight is 361 g/mol. The molecular weight excluding hydrogens is 343 g/mol. The van der Waals surface area contributed by atoms with Gasteiger partial charge in [-0.05, 0) is 38.1 Å². The van der Waals surface area contributed by atoms with Crippen LogP contribution in [0, 0.1) is 0 Å². The van der Waals surface area contributed by atoms with Gasteiger partial charge in [-0.3, -0.25) is 4.68 Å². The van der Waals surface area contributed by atoms with E-state index in [1.165, 1.54) is 4.31 Å². The van der Waals surface area contributed by atoms with Gasteiger partial charge in [0.1, 0.15) is 0 Å². The third kappa shape index (κ3) is 3.96. The van der Waals surface area contributed by atoms with Gasteiger partial charge in [0.2, 0.25) is 10.0 Å². The van der Waals surface area contributed by atoms with Gasteiger partial charge < -0.3 is 0 Å². The lowest BCUT2D eigenvalue weighted by Crippen LogP contribution is -2.36. The summed E-state index contributed by atoms with van der Waals surface area (Å²) in [6.07, 6.45) is -1.26. The highest BCUT2D eigenvalue weighted by Crippen LogP contribution is 2.30. The standard InChI is InChI=1S/C15H18F3N3O2S/c1-11(2)21(10-12-8-19-20(3)9-12)24(22,23)14-6-4-13(5-7-14)15(16,17)18/h4-9,11H,10H2,1-3H3. The van der Waals surface area contributed by atoms with Crippen LogP contribution in [0.3, 0.4) is 0 Å². The van der Waals surface area contributed by atoms with Crippen LogP contribution in [0.15, 0.2) is 41.6 Å². The van der Waals surface area contributed by atoms with E-state index in [4.69, 9.17) is 0 Å². The summed E-state index contributed by atoms with van der Waals surface area (Å²) in [5.74, 6) is 0. The summed E-state index contributed by atoms with van der Waals surface area (Å²) in [6.45, 7) is 3.50. The molecule has 0 fully saturated rings. The molecule has 0 bridgehead atoms. The first-order valence-electron chi connectivity index (χ1n) is 7.18. The fourth-order valence-electron chi connectivity index (χ4n) is 2.23. The first kappa shape index (κ1) is 18.5. The van der Waals surface area contributed by atoms with Gasteiger partial charge in [-0.1, -0.05) is 0 Å². The Labute approximate surface area is 138 Å². The van der Waals surface area contributed by atoms with Gasteiger partial charge in [0.15, 0.2) is 0 Å². The first-order chi connectivity index (χ1) is 11.0. The number of aromatic nitrogens is 2. The fourth-order valence-corrected chi connectivity index (χ4v) is 3.85. The minimum atomic E-state index is -4.50. The van der Waals surface area contributed by atoms with Gasteiger partial charge in [-0.15, -0.1) is 0 Å². The molecule has 1 aromatic heterocycles. The predicted octanol–water partition coefficient (Wildman–Crippen LogP) is 3.04. The SMILES string of the molecule is CC(C)N(Cc1cnn(C)c1)S(=O)(=O)c1ccc(C(F)(F)F)cc1. The second kappa shape index (κ2) is 6.56. The van der Waals surface area contributed by atoms with E-state index < -0.39 is 21.8 Å². The van der Waals surface area contributed by atoms with Crippen LogP contribution >= 0.6 is 0 Å². The molecule has 9 heteroatoms. The van der Waals surface area contributed by atoms with Crippen LogP contribution in [-0.2, 0) is 29.8 Å². The topological polar surface area (TPSA) is 55.2 Å². The van der Waals surface area contributed by atoms with Crippen molar-refractivity contribution in [3.63, 3.8) is 0 Å². The second-order valence-corrected chi connectivity index (χ2v) is 7.58. The summed E-state index contributed by atoms with van der Waals surface area (Å²) in [7, 11) is -2.21. The van der Waals surface area contributed by atoms with Gasteiger partial charge in [0.05, 0.1) is 16.7 Å². The summed E-state index contributed by atoms with van der Waals surface area (Å²) >= 11 is 0. The van der Waals surface area contributed by atoms with Crippen LogP contribution in [0.1, 0.15) is 25.0 Å². The number of aryl methyl sites for hydroxylation is 1. The molecule has 5 nitrogen and oxygen atoms in total. The zero-order valence-corrected chi connectivity index (χ0v) is 14.3. The van der Waals surface area contributed by atoms with Crippen LogP contribution in [-0.4, -0.2) is 28.5 Å². The number of hydrogen-bond donors (Lipinski definition) is 0. The van der Waals surface area contributed by atoms with Crippen molar-refractivity contribution in [1.29, 1.82) is 0 Å². The van der Waals surface area contributed by atoms with Crippen molar-refractivity contribution < 1.29 is 21.6 Å². The molecule has 0 amide bonds. The van der Waals surface area contributed by atoms with Crippen molar-refractivity contribution >= 4 is 10.0 Å². The highest BCUT2D eigenvalue weighted by molar-refractivity contribution is 7.89. The summed E-state index contributed by atoms with van der Waals surface area (Å²) in [5.41, 5.74) is -0.188. The Bertz CT molecular complexity index is 796. The Morgan fingerprint density at radius 2 is 1.79 bits per heavy atom. The highest BCUT2D eigenvalue weighted by Gasteiger charge is 2.32. The Hall–Kier alpha value is -1.87. The third-order valence-electron chi connectivity index (χ3n) is 3.46. The van der Waals surface area contributed by atoms with Crippen LogP contribution in [0.4, 0.5) is 13.2 Å². The van der Waals surface area contributed by atoms with Crippen molar-refractivity contribution in [2.75, 3.05) is 0 Å². The molecule has 0 saturated carbocycles. The molecule has 0 aliphatic rings. The summed E-state index contributed by atoms with van der Waals surface area (Å²) in [5, 5.41) is 3.99. The zero-order chi connectivity index (χ0) is 18.1. The number of sulfonamides is 1. The average Bonchev–Trinajstić information content (AvgIpc) is 2.89. The van der Waals surface area contributed by atoms with E-state index in [0.29, 0.717) is 5.56 Å². The van der Waals surface area contributed by atoms with Crippen LogP contribution in [0.25, 0.3) is 0 Å². The maximum Gasteiger partial charge on any atom is 0.416 e. The molecule has 0 radical (unpaired) electrons. The Balaban J connectivity index is 2.34. The zero-order valence-electron chi connectivity index (χ0n) is 13.4. The van der Waals surface area contributed by atoms with Crippen LogP contribution in [0.2, 0.25) is 0 Å². The molecule has 2 aromatic rings. The molecule has 24 heavy (non-hydrogen) atoms. The molecule has 0 N–H and O–H groups in total. The van der Waals surface area contributed by atoms with Crippen molar-refractivity contribution in [1.82, 2.24) is 14.1 Å². The molecule has 0 saturated heterocycles. The van der Waals surface area contributed by atoms with E-state index in [0.717, 1.165) is 24.3 Å². The lowest BCUT2D eigenvalue weighted by Gasteiger charge is -2.25. The lowest BCUT2D eigenvalue weighted by atomic mass is 10.2. The minimum Gasteiger partial charge on any atom is -0.275 e. The smallest absolute Gasteiger partial charge is 0.275 e. The van der Waals surface area contributed by atoms with E-state index >= 15 is 0 Å². The van der Waals surface area contributed by atoms with Gasteiger partial charge in [-0.25, -0.2) is 8.42 Å².